The Balaban J connectivity index is 1.34. The molecule has 2 aromatic rings. The molecule has 9 heteroatoms. The summed E-state index contributed by atoms with van der Waals surface area (Å²) in [6.07, 6.45) is 7.60. The van der Waals surface area contributed by atoms with Gasteiger partial charge in [-0.25, -0.2) is 4.98 Å². The number of nitrogens with zero attached hydrogens (tertiary/aromatic N) is 2. The molecule has 3 saturated carbocycles. The molecule has 4 aliphatic rings. The normalized spacial score (nSPS) is 28.7. The van der Waals surface area contributed by atoms with Gasteiger partial charge in [0.1, 0.15) is 11.7 Å². The van der Waals surface area contributed by atoms with E-state index in [-0.39, 0.29) is 34.7 Å². The molecule has 1 saturated heterocycles. The lowest BCUT2D eigenvalue weighted by molar-refractivity contribution is -0.199. The Kier molecular flexibility index (Phi) is 7.35. The summed E-state index contributed by atoms with van der Waals surface area (Å²) in [5.74, 6) is 0.359. The molecule has 202 valence electrons. The van der Waals surface area contributed by atoms with Gasteiger partial charge < -0.3 is 19.9 Å². The predicted octanol–water partition coefficient (Wildman–Crippen LogP) is 3.62. The van der Waals surface area contributed by atoms with E-state index in [0.717, 1.165) is 12.0 Å². The van der Waals surface area contributed by atoms with Gasteiger partial charge in [-0.1, -0.05) is 58.0 Å². The van der Waals surface area contributed by atoms with Gasteiger partial charge in [-0.2, -0.15) is 0 Å². The minimum absolute atomic E-state index is 0.0345. The largest absolute Gasteiger partial charge is 0.481 e. The number of rotatable bonds is 9. The lowest BCUT2D eigenvalue weighted by Crippen LogP contribution is -2.65. The van der Waals surface area contributed by atoms with Crippen LogP contribution >= 0.6 is 0 Å². The molecule has 8 nitrogen and oxygen atoms in total. The SMILES string of the molecule is CC(C)C[C@H](NC(=O)[C@H](Cc1ccccc1)NC(=O)c1cnccn1)B1O[C@@H]2C[C@@H]3CC(C3(C)C)[C@]2(C)O1. The van der Waals surface area contributed by atoms with Gasteiger partial charge >= 0.3 is 7.12 Å². The molecular weight excluding hydrogens is 479 g/mol. The third-order valence-corrected chi connectivity index (χ3v) is 9.05. The zero-order valence-corrected chi connectivity index (χ0v) is 23.0. The average molecular weight is 518 g/mol. The molecule has 38 heavy (non-hydrogen) atoms. The highest BCUT2D eigenvalue weighted by molar-refractivity contribution is 6.48. The van der Waals surface area contributed by atoms with Gasteiger partial charge in [0.2, 0.25) is 5.91 Å². The number of carbonyl (C=O) groups excluding carboxylic acids is 2. The van der Waals surface area contributed by atoms with Crippen LogP contribution < -0.4 is 10.6 Å². The molecule has 1 unspecified atom stereocenters. The maximum atomic E-state index is 13.8. The van der Waals surface area contributed by atoms with E-state index >= 15 is 0 Å². The van der Waals surface area contributed by atoms with Crippen LogP contribution in [-0.4, -0.2) is 52.6 Å². The highest BCUT2D eigenvalue weighted by Crippen LogP contribution is 2.65. The molecule has 2 amide bonds. The van der Waals surface area contributed by atoms with Crippen molar-refractivity contribution in [2.24, 2.45) is 23.2 Å². The zero-order chi connectivity index (χ0) is 27.1. The summed E-state index contributed by atoms with van der Waals surface area (Å²) < 4.78 is 13.2. The van der Waals surface area contributed by atoms with Crippen LogP contribution in [0.4, 0.5) is 0 Å². The van der Waals surface area contributed by atoms with Crippen LogP contribution in [0.3, 0.4) is 0 Å². The summed E-state index contributed by atoms with van der Waals surface area (Å²) in [5, 5.41) is 6.08. The molecular formula is C29H39BN4O4. The summed E-state index contributed by atoms with van der Waals surface area (Å²) in [4.78, 5) is 34.8. The van der Waals surface area contributed by atoms with Crippen molar-refractivity contribution < 1.29 is 18.9 Å². The van der Waals surface area contributed by atoms with E-state index in [1.807, 2.05) is 30.3 Å². The van der Waals surface area contributed by atoms with Gasteiger partial charge in [-0.3, -0.25) is 14.6 Å². The summed E-state index contributed by atoms with van der Waals surface area (Å²) >= 11 is 0. The number of hydrogen-bond donors (Lipinski definition) is 2. The average Bonchev–Trinajstić information content (AvgIpc) is 3.26. The van der Waals surface area contributed by atoms with Gasteiger partial charge in [0, 0.05) is 18.8 Å². The van der Waals surface area contributed by atoms with Crippen LogP contribution in [0.15, 0.2) is 48.9 Å². The first-order valence-corrected chi connectivity index (χ1v) is 13.8. The van der Waals surface area contributed by atoms with Crippen LogP contribution in [0.5, 0.6) is 0 Å². The molecule has 3 aliphatic carbocycles. The molecule has 6 atom stereocenters. The first kappa shape index (κ1) is 26.8. The molecule has 2 N–H and O–H groups in total. The zero-order valence-electron chi connectivity index (χ0n) is 23.0. The van der Waals surface area contributed by atoms with Crippen LogP contribution in [0.25, 0.3) is 0 Å². The molecule has 0 radical (unpaired) electrons. The number of hydrogen-bond acceptors (Lipinski definition) is 6. The molecule has 1 aromatic carbocycles. The van der Waals surface area contributed by atoms with E-state index < -0.39 is 19.1 Å². The molecule has 1 aromatic heterocycles. The van der Waals surface area contributed by atoms with Crippen molar-refractivity contribution in [1.82, 2.24) is 20.6 Å². The van der Waals surface area contributed by atoms with E-state index in [4.69, 9.17) is 9.31 Å². The highest BCUT2D eigenvalue weighted by atomic mass is 16.7. The first-order chi connectivity index (χ1) is 18.1. The first-order valence-electron chi connectivity index (χ1n) is 13.8. The predicted molar refractivity (Wildman–Crippen MR) is 145 cm³/mol. The minimum Gasteiger partial charge on any atom is -0.404 e. The Morgan fingerprint density at radius 3 is 2.53 bits per heavy atom. The lowest BCUT2D eigenvalue weighted by atomic mass is 9.43. The summed E-state index contributed by atoms with van der Waals surface area (Å²) in [7, 11) is -0.528. The fourth-order valence-corrected chi connectivity index (χ4v) is 6.81. The quantitative estimate of drug-likeness (QED) is 0.492. The van der Waals surface area contributed by atoms with Crippen LogP contribution in [0.2, 0.25) is 0 Å². The maximum Gasteiger partial charge on any atom is 0.481 e. The van der Waals surface area contributed by atoms with Gasteiger partial charge in [-0.15, -0.1) is 0 Å². The number of benzene rings is 1. The second-order valence-corrected chi connectivity index (χ2v) is 12.4. The molecule has 0 spiro atoms. The summed E-state index contributed by atoms with van der Waals surface area (Å²) in [6, 6.07) is 8.87. The smallest absolute Gasteiger partial charge is 0.404 e. The number of aromatic nitrogens is 2. The Labute approximate surface area is 225 Å². The Bertz CT molecular complexity index is 1150. The van der Waals surface area contributed by atoms with Crippen molar-refractivity contribution in [2.75, 3.05) is 0 Å². The Hall–Kier alpha value is -2.78. The summed E-state index contributed by atoms with van der Waals surface area (Å²) in [5.41, 5.74) is 0.998. The van der Waals surface area contributed by atoms with Crippen molar-refractivity contribution in [2.45, 2.75) is 84.0 Å². The molecule has 2 heterocycles. The topological polar surface area (TPSA) is 102 Å². The second-order valence-electron chi connectivity index (χ2n) is 12.4. The lowest BCUT2D eigenvalue weighted by Gasteiger charge is -2.64. The number of carbonyl (C=O) groups is 2. The van der Waals surface area contributed by atoms with Crippen LogP contribution in [0.1, 0.15) is 69.9 Å². The fraction of sp³-hybridized carbons (Fsp3) is 0.586. The van der Waals surface area contributed by atoms with E-state index in [1.54, 1.807) is 0 Å². The molecule has 2 bridgehead atoms. The fourth-order valence-electron chi connectivity index (χ4n) is 6.81. The Morgan fingerprint density at radius 1 is 1.11 bits per heavy atom. The van der Waals surface area contributed by atoms with E-state index in [0.29, 0.717) is 30.6 Å². The van der Waals surface area contributed by atoms with E-state index in [9.17, 15) is 9.59 Å². The van der Waals surface area contributed by atoms with Crippen molar-refractivity contribution >= 4 is 18.9 Å². The number of nitrogens with one attached hydrogen (secondary N) is 2. The number of amides is 2. The van der Waals surface area contributed by atoms with Gasteiger partial charge in [-0.05, 0) is 54.9 Å². The van der Waals surface area contributed by atoms with Crippen molar-refractivity contribution in [1.29, 1.82) is 0 Å². The third kappa shape index (κ3) is 5.10. The molecule has 6 rings (SSSR count). The van der Waals surface area contributed by atoms with Crippen LogP contribution in [-0.2, 0) is 20.5 Å². The monoisotopic (exact) mass is 518 g/mol. The molecule has 4 fully saturated rings. The van der Waals surface area contributed by atoms with Gasteiger partial charge in [0.05, 0.1) is 23.8 Å². The molecule has 1 aliphatic heterocycles. The van der Waals surface area contributed by atoms with Crippen molar-refractivity contribution in [3.05, 3.63) is 60.2 Å². The summed E-state index contributed by atoms with van der Waals surface area (Å²) in [6.45, 7) is 11.1. The van der Waals surface area contributed by atoms with Crippen molar-refractivity contribution in [3.8, 4) is 0 Å². The van der Waals surface area contributed by atoms with Crippen molar-refractivity contribution in [3.63, 3.8) is 0 Å². The highest BCUT2D eigenvalue weighted by Gasteiger charge is 2.68. The third-order valence-electron chi connectivity index (χ3n) is 9.05. The Morgan fingerprint density at radius 2 is 1.87 bits per heavy atom. The second kappa shape index (κ2) is 10.4. The van der Waals surface area contributed by atoms with E-state index in [1.165, 1.54) is 25.0 Å². The van der Waals surface area contributed by atoms with E-state index in [2.05, 4.69) is 55.2 Å². The van der Waals surface area contributed by atoms with Gasteiger partial charge in [0.15, 0.2) is 0 Å². The maximum absolute atomic E-state index is 13.8. The van der Waals surface area contributed by atoms with Gasteiger partial charge in [0.25, 0.3) is 5.91 Å². The standard InChI is InChI=1S/C29H39BN4O4/c1-18(2)13-25(30-37-24-16-20-15-23(28(20,3)4)29(24,5)38-30)34-26(35)21(14-19-9-7-6-8-10-19)33-27(36)22-17-31-11-12-32-22/h6-12,17-18,20-21,23-25H,13-16H2,1-5H3,(H,33,36)(H,34,35)/t20-,21-,23?,24+,25-,29-/m0/s1. The van der Waals surface area contributed by atoms with Crippen LogP contribution in [0, 0.1) is 23.2 Å². The minimum atomic E-state index is -0.799.